The molecule has 26 heavy (non-hydrogen) atoms. The molecule has 0 spiro atoms. The molecule has 3 N–H and O–H groups in total. The number of pyridine rings is 1. The van der Waals surface area contributed by atoms with Gasteiger partial charge < -0.3 is 10.2 Å². The Labute approximate surface area is 153 Å². The molecular weight excluding hydrogens is 352 g/mol. The third-order valence-electron chi connectivity index (χ3n) is 4.50. The molecule has 138 valence electrons. The van der Waals surface area contributed by atoms with Crippen LogP contribution in [0.15, 0.2) is 47.5 Å². The number of nitrogens with two attached hydrogens (primary N) is 1. The lowest BCUT2D eigenvalue weighted by Gasteiger charge is -2.35. The second kappa shape index (κ2) is 7.43. The highest BCUT2D eigenvalue weighted by Crippen LogP contribution is 2.30. The second-order valence-corrected chi connectivity index (χ2v) is 7.94. The van der Waals surface area contributed by atoms with Gasteiger partial charge in [0.2, 0.25) is 15.9 Å². The van der Waals surface area contributed by atoms with Crippen LogP contribution in [0.1, 0.15) is 25.3 Å². The first-order chi connectivity index (χ1) is 12.4. The molecule has 1 unspecified atom stereocenters. The maximum atomic E-state index is 12.7. The number of amides is 1. The van der Waals surface area contributed by atoms with Gasteiger partial charge in [-0.15, -0.1) is 0 Å². The van der Waals surface area contributed by atoms with E-state index in [9.17, 15) is 13.2 Å². The highest BCUT2D eigenvalue weighted by atomic mass is 32.2. The van der Waals surface area contributed by atoms with Crippen molar-refractivity contribution in [1.82, 2.24) is 4.98 Å². The number of carbonyl (C=O) groups excluding carboxylic acids is 1. The zero-order valence-electron chi connectivity index (χ0n) is 14.6. The Kier molecular flexibility index (Phi) is 5.24. The van der Waals surface area contributed by atoms with Crippen LogP contribution in [0, 0.1) is 0 Å². The van der Waals surface area contributed by atoms with Gasteiger partial charge in [-0.05, 0) is 43.5 Å². The zero-order chi connectivity index (χ0) is 18.7. The summed E-state index contributed by atoms with van der Waals surface area (Å²) in [4.78, 5) is 18.6. The molecule has 2 heterocycles. The molecule has 1 aromatic heterocycles. The fraction of sp³-hybridized carbons (Fsp3) is 0.333. The molecule has 1 aliphatic rings. The molecule has 0 bridgehead atoms. The van der Waals surface area contributed by atoms with Gasteiger partial charge in [-0.3, -0.25) is 4.79 Å². The summed E-state index contributed by atoms with van der Waals surface area (Å²) in [6, 6.07) is 11.1. The van der Waals surface area contributed by atoms with E-state index in [1.807, 2.05) is 23.1 Å². The number of aromatic nitrogens is 1. The van der Waals surface area contributed by atoms with Crippen LogP contribution >= 0.6 is 0 Å². The number of aryl methyl sites for hydroxylation is 1. The van der Waals surface area contributed by atoms with Crippen molar-refractivity contribution in [3.8, 4) is 0 Å². The van der Waals surface area contributed by atoms with Crippen molar-refractivity contribution in [3.05, 3.63) is 48.2 Å². The average molecular weight is 374 g/mol. The van der Waals surface area contributed by atoms with E-state index < -0.39 is 10.0 Å². The van der Waals surface area contributed by atoms with Gasteiger partial charge in [-0.25, -0.2) is 18.5 Å². The predicted molar refractivity (Wildman–Crippen MR) is 100 cm³/mol. The maximum Gasteiger partial charge on any atom is 0.239 e. The van der Waals surface area contributed by atoms with Crippen LogP contribution in [0.5, 0.6) is 0 Å². The van der Waals surface area contributed by atoms with Crippen LogP contribution in [0.3, 0.4) is 0 Å². The van der Waals surface area contributed by atoms with Crippen LogP contribution in [-0.4, -0.2) is 31.9 Å². The first-order valence-electron chi connectivity index (χ1n) is 8.49. The number of hydrogen-bond acceptors (Lipinski definition) is 5. The highest BCUT2D eigenvalue weighted by molar-refractivity contribution is 7.89. The van der Waals surface area contributed by atoms with Crippen molar-refractivity contribution in [2.45, 2.75) is 37.1 Å². The monoisotopic (exact) mass is 374 g/mol. The number of nitrogens with zero attached hydrogens (tertiary/aromatic N) is 2. The van der Waals surface area contributed by atoms with Crippen molar-refractivity contribution >= 4 is 27.4 Å². The van der Waals surface area contributed by atoms with Crippen molar-refractivity contribution < 1.29 is 13.2 Å². The minimum Gasteiger partial charge on any atom is -0.370 e. The van der Waals surface area contributed by atoms with Crippen LogP contribution in [0.25, 0.3) is 0 Å². The number of sulfonamides is 1. The highest BCUT2D eigenvalue weighted by Gasteiger charge is 2.27. The Hall–Kier alpha value is -2.45. The maximum absolute atomic E-state index is 12.7. The molecule has 1 aromatic carbocycles. The van der Waals surface area contributed by atoms with E-state index >= 15 is 0 Å². The van der Waals surface area contributed by atoms with Crippen molar-refractivity contribution in [3.63, 3.8) is 0 Å². The first-order valence-corrected chi connectivity index (χ1v) is 10.0. The minimum absolute atomic E-state index is 0.0436. The van der Waals surface area contributed by atoms with Crippen molar-refractivity contribution in [2.24, 2.45) is 5.14 Å². The molecule has 0 radical (unpaired) electrons. The van der Waals surface area contributed by atoms with E-state index in [2.05, 4.69) is 23.3 Å². The van der Waals surface area contributed by atoms with Gasteiger partial charge in [0.1, 0.15) is 10.7 Å². The van der Waals surface area contributed by atoms with Gasteiger partial charge in [0.25, 0.3) is 0 Å². The van der Waals surface area contributed by atoms with Crippen LogP contribution in [0.4, 0.5) is 11.5 Å². The van der Waals surface area contributed by atoms with E-state index in [-0.39, 0.29) is 16.8 Å². The number of benzene rings is 1. The number of hydrogen-bond donors (Lipinski definition) is 2. The minimum atomic E-state index is -3.75. The molecule has 0 saturated heterocycles. The largest absolute Gasteiger partial charge is 0.370 e. The van der Waals surface area contributed by atoms with Gasteiger partial charge in [0, 0.05) is 30.9 Å². The number of nitrogens with one attached hydrogen (secondary N) is 1. The third kappa shape index (κ3) is 4.03. The molecule has 0 saturated carbocycles. The summed E-state index contributed by atoms with van der Waals surface area (Å²) < 4.78 is 22.4. The van der Waals surface area contributed by atoms with Gasteiger partial charge in [0.05, 0.1) is 0 Å². The molecular formula is C18H22N4O3S. The number of para-hydroxylation sites is 1. The van der Waals surface area contributed by atoms with Crippen LogP contribution < -0.4 is 15.4 Å². The number of primary sulfonamides is 1. The quantitative estimate of drug-likeness (QED) is 0.831. The Bertz CT molecular complexity index is 897. The standard InChI is InChI=1S/C18H22N4O3S/c1-13-6-7-14-4-2-3-5-16(14)22(13)18(23)10-11-20-17-9-8-15(12-21-17)26(19,24)25/h2-5,8-9,12-13H,6-7,10-11H2,1H3,(H,20,21)(H2,19,24,25). The Morgan fingerprint density at radius 3 is 2.77 bits per heavy atom. The summed E-state index contributed by atoms with van der Waals surface area (Å²) in [6.07, 6.45) is 3.45. The third-order valence-corrected chi connectivity index (χ3v) is 5.40. The Balaban J connectivity index is 1.61. The average Bonchev–Trinajstić information content (AvgIpc) is 2.61. The molecule has 1 atom stereocenters. The fourth-order valence-electron chi connectivity index (χ4n) is 3.14. The summed E-state index contributed by atoms with van der Waals surface area (Å²) in [5.74, 6) is 0.551. The smallest absolute Gasteiger partial charge is 0.239 e. The summed E-state index contributed by atoms with van der Waals surface area (Å²) in [5.41, 5.74) is 2.19. The lowest BCUT2D eigenvalue weighted by atomic mass is 9.96. The van der Waals surface area contributed by atoms with Crippen LogP contribution in [0.2, 0.25) is 0 Å². The normalized spacial score (nSPS) is 16.8. The Morgan fingerprint density at radius 1 is 1.31 bits per heavy atom. The molecule has 7 nitrogen and oxygen atoms in total. The Morgan fingerprint density at radius 2 is 2.08 bits per heavy atom. The number of fused-ring (bicyclic) bond motifs is 1. The molecule has 1 amide bonds. The number of carbonyl (C=O) groups is 1. The molecule has 2 aromatic rings. The molecule has 3 rings (SSSR count). The topological polar surface area (TPSA) is 105 Å². The van der Waals surface area contributed by atoms with E-state index in [0.29, 0.717) is 18.8 Å². The lowest BCUT2D eigenvalue weighted by Crippen LogP contribution is -2.42. The molecule has 8 heteroatoms. The second-order valence-electron chi connectivity index (χ2n) is 6.38. The van der Waals surface area contributed by atoms with Crippen molar-refractivity contribution in [1.29, 1.82) is 0 Å². The number of rotatable bonds is 5. The SMILES string of the molecule is CC1CCc2ccccc2N1C(=O)CCNc1ccc(S(N)(=O)=O)cn1. The van der Waals surface area contributed by atoms with Gasteiger partial charge in [-0.2, -0.15) is 0 Å². The first kappa shape index (κ1) is 18.3. The van der Waals surface area contributed by atoms with Gasteiger partial charge in [-0.1, -0.05) is 18.2 Å². The molecule has 0 aliphatic carbocycles. The summed E-state index contributed by atoms with van der Waals surface area (Å²) in [5, 5.41) is 8.08. The zero-order valence-corrected chi connectivity index (χ0v) is 15.4. The van der Waals surface area contributed by atoms with Crippen molar-refractivity contribution in [2.75, 3.05) is 16.8 Å². The number of anilines is 2. The van der Waals surface area contributed by atoms with E-state index in [1.54, 1.807) is 0 Å². The van der Waals surface area contributed by atoms with E-state index in [0.717, 1.165) is 18.5 Å². The van der Waals surface area contributed by atoms with Crippen LogP contribution in [-0.2, 0) is 21.2 Å². The molecule has 0 fully saturated rings. The van der Waals surface area contributed by atoms with E-state index in [4.69, 9.17) is 5.14 Å². The summed E-state index contributed by atoms with van der Waals surface area (Å²) in [6.45, 7) is 2.47. The summed E-state index contributed by atoms with van der Waals surface area (Å²) >= 11 is 0. The summed E-state index contributed by atoms with van der Waals surface area (Å²) in [7, 11) is -3.75. The molecule has 1 aliphatic heterocycles. The van der Waals surface area contributed by atoms with E-state index in [1.165, 1.54) is 23.9 Å². The van der Waals surface area contributed by atoms with Gasteiger partial charge >= 0.3 is 0 Å². The fourth-order valence-corrected chi connectivity index (χ4v) is 3.60. The predicted octanol–water partition coefficient (Wildman–Crippen LogP) is 1.90. The lowest BCUT2D eigenvalue weighted by molar-refractivity contribution is -0.118. The van der Waals surface area contributed by atoms with Gasteiger partial charge in [0.15, 0.2) is 0 Å².